The molecule has 19 rings (SSSR count). The monoisotopic (exact) mass is 1660 g/mol. The van der Waals surface area contributed by atoms with E-state index in [9.17, 15) is 29.7 Å². The molecule has 0 bridgehead atoms. The summed E-state index contributed by atoms with van der Waals surface area (Å²) in [4.78, 5) is 92.6. The summed E-state index contributed by atoms with van der Waals surface area (Å²) < 4.78 is 18.9. The third-order valence-electron chi connectivity index (χ3n) is 25.8. The zero-order valence-electron chi connectivity index (χ0n) is 70.7. The first-order chi connectivity index (χ1) is 60.0. The Morgan fingerprint density at radius 2 is 0.764 bits per heavy atom. The molecule has 640 valence electrons. The molecule has 7 aromatic carbocycles. The average Bonchev–Trinajstić information content (AvgIpc) is 0.779. The summed E-state index contributed by atoms with van der Waals surface area (Å²) in [6, 6.07) is 47.7. The number of ether oxygens (including phenoxy) is 3. The summed E-state index contributed by atoms with van der Waals surface area (Å²) in [5.74, 6) is 4.33. The van der Waals surface area contributed by atoms with Crippen LogP contribution in [0.2, 0.25) is 0 Å². The Labute approximate surface area is 719 Å². The Balaban J connectivity index is 0.000000131. The van der Waals surface area contributed by atoms with Gasteiger partial charge in [-0.25, -0.2) is 0 Å². The molecule has 12 heterocycles. The molecule has 27 heteroatoms. The van der Waals surface area contributed by atoms with E-state index in [2.05, 4.69) is 126 Å². The molecule has 0 spiro atoms. The van der Waals surface area contributed by atoms with Crippen LogP contribution in [0.1, 0.15) is 65.0 Å². The number of nitrogens with zero attached hydrogens (tertiary/aromatic N) is 18. The minimum atomic E-state index is -0.0322. The average molecular weight is 1660 g/mol. The van der Waals surface area contributed by atoms with E-state index in [1.165, 1.54) is 30.2 Å². The zero-order chi connectivity index (χ0) is 84.6. The number of phenolic OH excluding ortho intramolecular Hbond substituents is 3. The largest absolute Gasteiger partial charge is 0.508 e. The van der Waals surface area contributed by atoms with Crippen molar-refractivity contribution in [1.29, 1.82) is 0 Å². The number of phenols is 3. The third kappa shape index (κ3) is 19.0. The number of hydrogen-bond acceptors (Lipinski definition) is 24. The van der Waals surface area contributed by atoms with E-state index in [0.29, 0.717) is 154 Å². The van der Waals surface area contributed by atoms with Crippen molar-refractivity contribution in [3.8, 4) is 35.3 Å². The van der Waals surface area contributed by atoms with Gasteiger partial charge in [0.1, 0.15) is 41.3 Å². The first kappa shape index (κ1) is 83.0. The normalized spacial score (nSPS) is 19.4. The molecule has 0 aliphatic carbocycles. The maximum Gasteiger partial charge on any atom is 0.318 e. The lowest BCUT2D eigenvalue weighted by molar-refractivity contribution is -0.127. The van der Waals surface area contributed by atoms with Crippen LogP contribution in [0.4, 0.5) is 34.5 Å². The molecule has 3 atom stereocenters. The molecular formula is C96H112N18O9. The summed E-state index contributed by atoms with van der Waals surface area (Å²) in [5, 5.41) is 37.8. The van der Waals surface area contributed by atoms with Crippen molar-refractivity contribution in [2.45, 2.75) is 77.2 Å². The van der Waals surface area contributed by atoms with E-state index in [4.69, 9.17) is 44.1 Å². The molecule has 9 aliphatic heterocycles. The SMILES string of the molecule is C=CC(=O)N1CCN(c2nc(OCC3CCN(Cc4ccccc4)C3)nc3c2CCN(c2cc(O)cc4ccccc24)C3)CC1.C=CC(=O)N1CCN(c2nc(OC[C@H]3CCCN3C)nc3c2CCN(c2cc(O)cc4ccccc24)C3)CC1.C=CC(=O)N1CCN(c2nc(OC[C@H]3CCN(C)C3)nc3c2CCN(c2cc(O)cc4ccccc24)C3)CC1. The third-order valence-corrected chi connectivity index (χ3v) is 25.8. The topological polar surface area (TPSA) is 256 Å². The number of likely N-dealkylation sites (tertiary alicyclic amines) is 3. The Morgan fingerprint density at radius 3 is 1.13 bits per heavy atom. The predicted molar refractivity (Wildman–Crippen MR) is 482 cm³/mol. The van der Waals surface area contributed by atoms with Gasteiger partial charge in [-0.1, -0.05) is 123 Å². The van der Waals surface area contributed by atoms with Gasteiger partial charge in [-0.2, -0.15) is 29.9 Å². The van der Waals surface area contributed by atoms with Crippen molar-refractivity contribution in [2.75, 3.05) is 194 Å². The van der Waals surface area contributed by atoms with Crippen LogP contribution in [-0.4, -0.2) is 263 Å². The van der Waals surface area contributed by atoms with Crippen LogP contribution in [0.5, 0.6) is 35.3 Å². The second kappa shape index (κ2) is 37.6. The van der Waals surface area contributed by atoms with Crippen LogP contribution in [0.15, 0.2) is 177 Å². The zero-order valence-corrected chi connectivity index (χ0v) is 70.7. The van der Waals surface area contributed by atoms with Crippen molar-refractivity contribution >= 4 is 84.6 Å². The van der Waals surface area contributed by atoms with E-state index in [1.54, 1.807) is 12.1 Å². The van der Waals surface area contributed by atoms with Gasteiger partial charge in [0.2, 0.25) is 17.7 Å². The lowest BCUT2D eigenvalue weighted by Crippen LogP contribution is -2.49. The summed E-state index contributed by atoms with van der Waals surface area (Å²) in [6.45, 7) is 31.0. The molecule has 1 unspecified atom stereocenters. The Morgan fingerprint density at radius 1 is 0.398 bits per heavy atom. The highest BCUT2D eigenvalue weighted by molar-refractivity contribution is 5.98. The number of likely N-dealkylation sites (N-methyl/N-ethyl adjacent to an activating group) is 1. The molecule has 6 saturated heterocycles. The van der Waals surface area contributed by atoms with Gasteiger partial charge in [0.05, 0.1) is 49.9 Å². The van der Waals surface area contributed by atoms with Crippen molar-refractivity contribution in [3.63, 3.8) is 0 Å². The molecule has 3 aromatic heterocycles. The number of rotatable bonds is 20. The molecule has 27 nitrogen and oxygen atoms in total. The van der Waals surface area contributed by atoms with Gasteiger partial charge in [0, 0.05) is 204 Å². The molecule has 9 aliphatic rings. The van der Waals surface area contributed by atoms with Crippen LogP contribution >= 0.6 is 0 Å². The van der Waals surface area contributed by atoms with Crippen molar-refractivity contribution in [2.24, 2.45) is 11.8 Å². The maximum atomic E-state index is 12.2. The number of carbonyl (C=O) groups excluding carboxylic acids is 3. The number of piperazine rings is 3. The number of amides is 3. The summed E-state index contributed by atoms with van der Waals surface area (Å²) in [5.41, 5.74) is 10.6. The van der Waals surface area contributed by atoms with Gasteiger partial charge in [-0.3, -0.25) is 19.3 Å². The highest BCUT2D eigenvalue weighted by Crippen LogP contribution is 2.42. The summed E-state index contributed by atoms with van der Waals surface area (Å²) in [6.07, 6.45) is 11.0. The van der Waals surface area contributed by atoms with E-state index in [0.717, 1.165) is 198 Å². The minimum absolute atomic E-state index is 0.0288. The van der Waals surface area contributed by atoms with Gasteiger partial charge >= 0.3 is 18.0 Å². The van der Waals surface area contributed by atoms with Crippen LogP contribution in [-0.2, 0) is 59.8 Å². The lowest BCUT2D eigenvalue weighted by Gasteiger charge is -2.38. The van der Waals surface area contributed by atoms with Crippen LogP contribution in [0, 0.1) is 11.8 Å². The van der Waals surface area contributed by atoms with Gasteiger partial charge in [0.15, 0.2) is 0 Å². The number of anilines is 6. The molecule has 3 amide bonds. The summed E-state index contributed by atoms with van der Waals surface area (Å²) >= 11 is 0. The molecule has 123 heavy (non-hydrogen) atoms. The predicted octanol–water partition coefficient (Wildman–Crippen LogP) is 10.9. The van der Waals surface area contributed by atoms with Crippen LogP contribution < -0.4 is 43.6 Å². The molecular weight excluding hydrogens is 1550 g/mol. The second-order valence-electron chi connectivity index (χ2n) is 33.9. The highest BCUT2D eigenvalue weighted by Gasteiger charge is 2.36. The van der Waals surface area contributed by atoms with Crippen LogP contribution in [0.3, 0.4) is 0 Å². The van der Waals surface area contributed by atoms with Crippen molar-refractivity contribution < 1.29 is 43.9 Å². The Hall–Kier alpha value is -12.3. The smallest absolute Gasteiger partial charge is 0.318 e. The van der Waals surface area contributed by atoms with E-state index >= 15 is 0 Å². The van der Waals surface area contributed by atoms with E-state index < -0.39 is 0 Å². The molecule has 0 radical (unpaired) electrons. The molecule has 6 fully saturated rings. The Kier molecular flexibility index (Phi) is 25.3. The Bertz CT molecular complexity index is 5520. The summed E-state index contributed by atoms with van der Waals surface area (Å²) in [7, 11) is 4.28. The van der Waals surface area contributed by atoms with E-state index in [1.807, 2.05) is 93.6 Å². The molecule has 10 aromatic rings. The minimum Gasteiger partial charge on any atom is -0.508 e. The van der Waals surface area contributed by atoms with Crippen molar-refractivity contribution in [1.82, 2.24) is 59.3 Å². The fourth-order valence-corrected chi connectivity index (χ4v) is 19.1. The number of fused-ring (bicyclic) bond motifs is 6. The van der Waals surface area contributed by atoms with Gasteiger partial charge in [-0.15, -0.1) is 0 Å². The standard InChI is InChI=1S/C36H40N6O3.2C30H36N6O3/c1-2-34(44)40-16-18-41(19-17-40)35-31-13-15-42(33-21-29(43)20-28-10-6-7-11-30(28)33)24-32(31)37-36(38-35)45-25-27-12-14-39(23-27)22-26-8-4-3-5-9-26;1-3-28(38)34-13-15-35(16-14-34)29-25-10-12-36(27-18-23(37)17-21-7-4-5-9-24(21)27)19-26(25)31-30(32-29)39-20-22-8-6-11-33(22)2;1-3-28(38)34-12-14-35(15-13-34)29-25-9-11-36(27-17-23(37)16-22-6-4-5-7-24(22)27)19-26(25)31-30(32-29)39-20-21-8-10-33(2)18-21/h2-11,20-21,27,43H,1,12-19,22-25H2;3-5,7,9,17-18,22,37H,1,6,8,10-16,19-20H2,2H3;3-7,16-17,21,37H,1,8-15,18-20H2,2H3/t;22-;21-/m.10/s1. The second-order valence-corrected chi connectivity index (χ2v) is 33.9. The maximum absolute atomic E-state index is 12.2. The first-order valence-corrected chi connectivity index (χ1v) is 43.6. The highest BCUT2D eigenvalue weighted by atomic mass is 16.5. The fourth-order valence-electron chi connectivity index (χ4n) is 19.1. The quantitative estimate of drug-likeness (QED) is 0.0599. The van der Waals surface area contributed by atoms with Crippen LogP contribution in [0.25, 0.3) is 32.3 Å². The first-order valence-electron chi connectivity index (χ1n) is 43.6. The number of carbonyl (C=O) groups is 3. The van der Waals surface area contributed by atoms with Crippen molar-refractivity contribution in [3.05, 3.63) is 217 Å². The molecule has 0 saturated carbocycles. The van der Waals surface area contributed by atoms with E-state index in [-0.39, 0.29) is 35.0 Å². The number of aromatic nitrogens is 6. The fraction of sp³-hybridized carbons (Fsp3) is 0.406. The molecule has 3 N–H and O–H groups in total. The van der Waals surface area contributed by atoms with Gasteiger partial charge < -0.3 is 83.4 Å². The number of benzene rings is 7. The van der Waals surface area contributed by atoms with Gasteiger partial charge in [0.25, 0.3) is 0 Å². The number of aromatic hydroxyl groups is 3. The van der Waals surface area contributed by atoms with Gasteiger partial charge in [-0.05, 0) is 137 Å². The lowest BCUT2D eigenvalue weighted by atomic mass is 10.0. The number of hydrogen-bond donors (Lipinski definition) is 3.